The normalized spacial score (nSPS) is 21.1. The van der Waals surface area contributed by atoms with E-state index in [4.69, 9.17) is 10.5 Å². The summed E-state index contributed by atoms with van der Waals surface area (Å²) in [5.41, 5.74) is 5.39. The quantitative estimate of drug-likeness (QED) is 0.702. The molecule has 1 atom stereocenters. The van der Waals surface area contributed by atoms with Gasteiger partial charge in [-0.15, -0.1) is 0 Å². The summed E-state index contributed by atoms with van der Waals surface area (Å²) >= 11 is 0. The van der Waals surface area contributed by atoms with Crippen LogP contribution < -0.4 is 10.6 Å². The van der Waals surface area contributed by atoms with Crippen molar-refractivity contribution < 1.29 is 9.53 Å². The predicted octanol–water partition coefficient (Wildman–Crippen LogP) is -0.240. The largest absolute Gasteiger partial charge is 0.443 e. The third-order valence-corrected chi connectivity index (χ3v) is 1.93. The first-order valence-corrected chi connectivity index (χ1v) is 4.26. The van der Waals surface area contributed by atoms with E-state index < -0.39 is 6.09 Å². The molecule has 1 saturated heterocycles. The molecule has 1 aliphatic heterocycles. The Balaban J connectivity index is 2.17. The molecule has 1 aliphatic rings. The first-order valence-electron chi connectivity index (χ1n) is 4.26. The number of nitrogens with zero attached hydrogens (tertiary/aromatic N) is 3. The lowest BCUT2D eigenvalue weighted by Gasteiger charge is -2.08. The predicted molar refractivity (Wildman–Crippen MR) is 48.7 cm³/mol. The average molecular weight is 194 g/mol. The van der Waals surface area contributed by atoms with Gasteiger partial charge in [-0.05, 0) is 6.07 Å². The van der Waals surface area contributed by atoms with Gasteiger partial charge < -0.3 is 10.5 Å². The van der Waals surface area contributed by atoms with Gasteiger partial charge in [0.05, 0.1) is 6.54 Å². The molecular formula is C8H10N4O2. The van der Waals surface area contributed by atoms with Crippen molar-refractivity contribution in [3.8, 4) is 0 Å². The van der Waals surface area contributed by atoms with E-state index in [1.54, 1.807) is 18.5 Å². The molecule has 0 saturated carbocycles. The van der Waals surface area contributed by atoms with Crippen LogP contribution in [0.15, 0.2) is 18.5 Å². The maximum Gasteiger partial charge on any atom is 0.417 e. The number of nitrogens with two attached hydrogens (primary N) is 1. The summed E-state index contributed by atoms with van der Waals surface area (Å²) in [6, 6.07) is 1.69. The van der Waals surface area contributed by atoms with Gasteiger partial charge >= 0.3 is 6.09 Å². The number of amides is 1. The minimum Gasteiger partial charge on any atom is -0.443 e. The molecule has 1 fully saturated rings. The molecule has 1 aromatic heterocycles. The highest BCUT2D eigenvalue weighted by atomic mass is 16.6. The number of aromatic nitrogens is 2. The molecule has 74 valence electrons. The second kappa shape index (κ2) is 3.59. The van der Waals surface area contributed by atoms with Crippen LogP contribution in [0, 0.1) is 0 Å². The van der Waals surface area contributed by atoms with Gasteiger partial charge in [0, 0.05) is 18.9 Å². The van der Waals surface area contributed by atoms with Crippen molar-refractivity contribution in [2.75, 3.05) is 18.0 Å². The molecular weight excluding hydrogens is 184 g/mol. The lowest BCUT2D eigenvalue weighted by atomic mass is 10.3. The summed E-state index contributed by atoms with van der Waals surface area (Å²) in [6.07, 6.45) is 2.45. The standard InChI is InChI=1S/C8H10N4O2/c9-4-6-5-12(8(13)14-6)7-10-2-1-3-11-7/h1-3,6H,4-5,9H2. The molecule has 0 spiro atoms. The number of carbonyl (C=O) groups is 1. The molecule has 2 heterocycles. The van der Waals surface area contributed by atoms with E-state index in [9.17, 15) is 4.79 Å². The minimum atomic E-state index is -0.438. The first kappa shape index (κ1) is 8.89. The highest BCUT2D eigenvalue weighted by Crippen LogP contribution is 2.15. The van der Waals surface area contributed by atoms with Crippen LogP contribution in [-0.2, 0) is 4.74 Å². The van der Waals surface area contributed by atoms with E-state index in [2.05, 4.69) is 9.97 Å². The van der Waals surface area contributed by atoms with E-state index >= 15 is 0 Å². The molecule has 1 aromatic rings. The lowest BCUT2D eigenvalue weighted by Crippen LogP contribution is -2.28. The van der Waals surface area contributed by atoms with Crippen LogP contribution in [0.2, 0.25) is 0 Å². The molecule has 0 aliphatic carbocycles. The SMILES string of the molecule is NCC1CN(c2ncccn2)C(=O)O1. The van der Waals surface area contributed by atoms with Crippen molar-refractivity contribution in [3.63, 3.8) is 0 Å². The van der Waals surface area contributed by atoms with Gasteiger partial charge in [-0.25, -0.2) is 19.7 Å². The Morgan fingerprint density at radius 2 is 2.29 bits per heavy atom. The second-order valence-electron chi connectivity index (χ2n) is 2.90. The van der Waals surface area contributed by atoms with Crippen LogP contribution in [0.1, 0.15) is 0 Å². The van der Waals surface area contributed by atoms with Crippen LogP contribution in [0.3, 0.4) is 0 Å². The summed E-state index contributed by atoms with van der Waals surface area (Å²) < 4.78 is 4.96. The van der Waals surface area contributed by atoms with Gasteiger partial charge in [-0.2, -0.15) is 0 Å². The van der Waals surface area contributed by atoms with Gasteiger partial charge in [-0.3, -0.25) is 0 Å². The van der Waals surface area contributed by atoms with E-state index in [0.717, 1.165) is 0 Å². The maximum absolute atomic E-state index is 11.3. The van der Waals surface area contributed by atoms with Crippen LogP contribution >= 0.6 is 0 Å². The lowest BCUT2D eigenvalue weighted by molar-refractivity contribution is 0.145. The molecule has 2 rings (SSSR count). The molecule has 0 aromatic carbocycles. The Hall–Kier alpha value is -1.69. The average Bonchev–Trinajstić information content (AvgIpc) is 2.61. The Morgan fingerprint density at radius 1 is 1.57 bits per heavy atom. The van der Waals surface area contributed by atoms with Gasteiger partial charge in [-0.1, -0.05) is 0 Å². The summed E-state index contributed by atoms with van der Waals surface area (Å²) in [4.78, 5) is 20.6. The van der Waals surface area contributed by atoms with Crippen molar-refractivity contribution in [3.05, 3.63) is 18.5 Å². The Bertz CT molecular complexity index is 329. The van der Waals surface area contributed by atoms with Gasteiger partial charge in [0.25, 0.3) is 0 Å². The maximum atomic E-state index is 11.3. The zero-order chi connectivity index (χ0) is 9.97. The zero-order valence-corrected chi connectivity index (χ0v) is 7.46. The zero-order valence-electron chi connectivity index (χ0n) is 7.46. The minimum absolute atomic E-state index is 0.258. The fourth-order valence-corrected chi connectivity index (χ4v) is 1.24. The number of rotatable bonds is 2. The molecule has 0 radical (unpaired) electrons. The number of hydrogen-bond donors (Lipinski definition) is 1. The summed E-state index contributed by atoms with van der Waals surface area (Å²) in [7, 11) is 0. The highest BCUT2D eigenvalue weighted by Gasteiger charge is 2.32. The van der Waals surface area contributed by atoms with Crippen LogP contribution in [-0.4, -0.2) is 35.3 Å². The molecule has 1 unspecified atom stereocenters. The highest BCUT2D eigenvalue weighted by molar-refractivity contribution is 5.87. The number of ether oxygens (including phenoxy) is 1. The van der Waals surface area contributed by atoms with Gasteiger partial charge in [0.2, 0.25) is 5.95 Å². The molecule has 6 heteroatoms. The smallest absolute Gasteiger partial charge is 0.417 e. The molecule has 6 nitrogen and oxygen atoms in total. The van der Waals surface area contributed by atoms with Crippen LogP contribution in [0.5, 0.6) is 0 Å². The van der Waals surface area contributed by atoms with E-state index in [0.29, 0.717) is 19.0 Å². The van der Waals surface area contributed by atoms with Crippen LogP contribution in [0.4, 0.5) is 10.7 Å². The van der Waals surface area contributed by atoms with Crippen molar-refractivity contribution in [1.82, 2.24) is 9.97 Å². The number of carbonyl (C=O) groups excluding carboxylic acids is 1. The van der Waals surface area contributed by atoms with E-state index in [1.807, 2.05) is 0 Å². The molecule has 14 heavy (non-hydrogen) atoms. The topological polar surface area (TPSA) is 81.3 Å². The first-order chi connectivity index (χ1) is 6.81. The van der Waals surface area contributed by atoms with Crippen LogP contribution in [0.25, 0.3) is 0 Å². The molecule has 0 bridgehead atoms. The third kappa shape index (κ3) is 1.51. The number of anilines is 1. The molecule has 2 N–H and O–H groups in total. The number of hydrogen-bond acceptors (Lipinski definition) is 5. The van der Waals surface area contributed by atoms with Crippen molar-refractivity contribution in [2.24, 2.45) is 5.73 Å². The Labute approximate surface area is 80.7 Å². The Kier molecular flexibility index (Phi) is 2.28. The monoisotopic (exact) mass is 194 g/mol. The fraction of sp³-hybridized carbons (Fsp3) is 0.375. The summed E-state index contributed by atoms with van der Waals surface area (Å²) in [6.45, 7) is 0.731. The second-order valence-corrected chi connectivity index (χ2v) is 2.90. The number of cyclic esters (lactones) is 1. The van der Waals surface area contributed by atoms with Crippen molar-refractivity contribution in [1.29, 1.82) is 0 Å². The third-order valence-electron chi connectivity index (χ3n) is 1.93. The fourth-order valence-electron chi connectivity index (χ4n) is 1.24. The van der Waals surface area contributed by atoms with Crippen molar-refractivity contribution >= 4 is 12.0 Å². The van der Waals surface area contributed by atoms with E-state index in [1.165, 1.54) is 4.90 Å². The van der Waals surface area contributed by atoms with Gasteiger partial charge in [0.15, 0.2) is 0 Å². The van der Waals surface area contributed by atoms with Gasteiger partial charge in [0.1, 0.15) is 6.10 Å². The molecule has 1 amide bonds. The van der Waals surface area contributed by atoms with E-state index in [-0.39, 0.29) is 6.10 Å². The Morgan fingerprint density at radius 3 is 2.86 bits per heavy atom. The van der Waals surface area contributed by atoms with Crippen molar-refractivity contribution in [2.45, 2.75) is 6.10 Å². The summed E-state index contributed by atoms with van der Waals surface area (Å²) in [5.74, 6) is 0.355. The summed E-state index contributed by atoms with van der Waals surface area (Å²) in [5, 5.41) is 0.